The van der Waals surface area contributed by atoms with Crippen molar-refractivity contribution in [1.82, 2.24) is 14.7 Å². The van der Waals surface area contributed by atoms with Crippen LogP contribution in [0.3, 0.4) is 0 Å². The molecule has 1 saturated heterocycles. The molecule has 1 aliphatic heterocycles. The highest BCUT2D eigenvalue weighted by molar-refractivity contribution is 5.19. The Morgan fingerprint density at radius 2 is 2.04 bits per heavy atom. The van der Waals surface area contributed by atoms with Crippen LogP contribution < -0.4 is 0 Å². The van der Waals surface area contributed by atoms with Crippen molar-refractivity contribution < 1.29 is 14.6 Å². The average molecular weight is 333 g/mol. The summed E-state index contributed by atoms with van der Waals surface area (Å²) in [5.41, 5.74) is 1.80. The minimum absolute atomic E-state index is 0.0906. The standard InChI is InChI=1S/C18H24FN3O2/c19-16-3-1-2-15(12-16)18(24)13-21-8-5-14(6-9-21)17-4-7-20-22(17)10-11-23/h1-4,7,12,14,18,23-24H,5-6,8-11,13H2/t18-/m0/s1. The van der Waals surface area contributed by atoms with E-state index >= 15 is 0 Å². The number of piperidine rings is 1. The Balaban J connectivity index is 1.54. The van der Waals surface area contributed by atoms with Crippen molar-refractivity contribution in [3.63, 3.8) is 0 Å². The fourth-order valence-corrected chi connectivity index (χ4v) is 3.45. The highest BCUT2D eigenvalue weighted by atomic mass is 19.1. The van der Waals surface area contributed by atoms with Crippen LogP contribution in [0.4, 0.5) is 4.39 Å². The monoisotopic (exact) mass is 333 g/mol. The van der Waals surface area contributed by atoms with Crippen LogP contribution in [0.1, 0.15) is 36.1 Å². The second kappa shape index (κ2) is 7.88. The van der Waals surface area contributed by atoms with Crippen LogP contribution in [0.2, 0.25) is 0 Å². The average Bonchev–Trinajstić information content (AvgIpc) is 3.04. The molecule has 24 heavy (non-hydrogen) atoms. The van der Waals surface area contributed by atoms with Crippen LogP contribution in [0.5, 0.6) is 0 Å². The molecule has 1 aromatic carbocycles. The maximum atomic E-state index is 13.3. The molecule has 5 nitrogen and oxygen atoms in total. The van der Waals surface area contributed by atoms with Crippen molar-refractivity contribution in [3.8, 4) is 0 Å². The van der Waals surface area contributed by atoms with Gasteiger partial charge in [0.2, 0.25) is 0 Å². The zero-order valence-electron chi connectivity index (χ0n) is 13.7. The topological polar surface area (TPSA) is 61.5 Å². The van der Waals surface area contributed by atoms with Gasteiger partial charge in [0.1, 0.15) is 5.82 Å². The fourth-order valence-electron chi connectivity index (χ4n) is 3.45. The van der Waals surface area contributed by atoms with Crippen LogP contribution >= 0.6 is 0 Å². The summed E-state index contributed by atoms with van der Waals surface area (Å²) in [6.07, 6.45) is 3.10. The summed E-state index contributed by atoms with van der Waals surface area (Å²) < 4.78 is 15.1. The van der Waals surface area contributed by atoms with Crippen molar-refractivity contribution in [2.75, 3.05) is 26.2 Å². The number of rotatable bonds is 6. The number of aliphatic hydroxyl groups excluding tert-OH is 2. The third kappa shape index (κ3) is 4.01. The van der Waals surface area contributed by atoms with E-state index in [0.717, 1.165) is 25.9 Å². The highest BCUT2D eigenvalue weighted by Gasteiger charge is 2.24. The van der Waals surface area contributed by atoms with E-state index in [4.69, 9.17) is 5.11 Å². The van der Waals surface area contributed by atoms with Crippen LogP contribution in [0, 0.1) is 5.82 Å². The van der Waals surface area contributed by atoms with E-state index in [1.54, 1.807) is 18.3 Å². The van der Waals surface area contributed by atoms with E-state index in [9.17, 15) is 9.50 Å². The molecule has 1 fully saturated rings. The predicted octanol–water partition coefficient (Wildman–Crippen LogP) is 1.93. The van der Waals surface area contributed by atoms with Crippen molar-refractivity contribution in [2.45, 2.75) is 31.4 Å². The number of benzene rings is 1. The second-order valence-corrected chi connectivity index (χ2v) is 6.35. The molecule has 0 spiro atoms. The Bertz CT molecular complexity index is 653. The summed E-state index contributed by atoms with van der Waals surface area (Å²) in [6.45, 7) is 2.92. The number of nitrogens with zero attached hydrogens (tertiary/aromatic N) is 3. The van der Waals surface area contributed by atoms with Crippen molar-refractivity contribution in [1.29, 1.82) is 0 Å². The number of halogens is 1. The van der Waals surface area contributed by atoms with Crippen LogP contribution in [-0.2, 0) is 6.54 Å². The molecule has 130 valence electrons. The van der Waals surface area contributed by atoms with E-state index in [1.807, 2.05) is 10.7 Å². The minimum atomic E-state index is -0.669. The largest absolute Gasteiger partial charge is 0.394 e. The number of β-amino-alcohol motifs (C(OH)–C–C–N with tert-alkyl or cyclic N) is 1. The molecule has 2 heterocycles. The normalized spacial score (nSPS) is 18.0. The van der Waals surface area contributed by atoms with E-state index < -0.39 is 6.10 Å². The number of likely N-dealkylation sites (tertiary alicyclic amines) is 1. The third-order valence-electron chi connectivity index (χ3n) is 4.73. The van der Waals surface area contributed by atoms with Crippen molar-refractivity contribution >= 4 is 0 Å². The number of hydrogen-bond donors (Lipinski definition) is 2. The Kier molecular flexibility index (Phi) is 5.60. The Morgan fingerprint density at radius 3 is 2.75 bits per heavy atom. The number of aliphatic hydroxyl groups is 2. The molecular formula is C18H24FN3O2. The molecule has 6 heteroatoms. The summed E-state index contributed by atoms with van der Waals surface area (Å²) in [5.74, 6) is 0.115. The highest BCUT2D eigenvalue weighted by Crippen LogP contribution is 2.28. The van der Waals surface area contributed by atoms with Crippen LogP contribution in [-0.4, -0.2) is 51.1 Å². The number of hydrogen-bond acceptors (Lipinski definition) is 4. The maximum absolute atomic E-state index is 13.3. The molecule has 1 aromatic heterocycles. The van der Waals surface area contributed by atoms with E-state index in [-0.39, 0.29) is 12.4 Å². The summed E-state index contributed by atoms with van der Waals surface area (Å²) in [4.78, 5) is 2.22. The molecule has 2 N–H and O–H groups in total. The predicted molar refractivity (Wildman–Crippen MR) is 89.1 cm³/mol. The van der Waals surface area contributed by atoms with Crippen molar-refractivity contribution in [3.05, 3.63) is 53.6 Å². The molecule has 0 aliphatic carbocycles. The molecular weight excluding hydrogens is 309 g/mol. The van der Waals surface area contributed by atoms with Gasteiger partial charge >= 0.3 is 0 Å². The summed E-state index contributed by atoms with van der Waals surface area (Å²) >= 11 is 0. The third-order valence-corrected chi connectivity index (χ3v) is 4.73. The molecule has 0 unspecified atom stereocenters. The SMILES string of the molecule is OCCn1nccc1C1CCN(C[C@H](O)c2cccc(F)c2)CC1. The zero-order valence-corrected chi connectivity index (χ0v) is 13.7. The lowest BCUT2D eigenvalue weighted by Crippen LogP contribution is -2.36. The van der Waals surface area contributed by atoms with E-state index in [1.165, 1.54) is 17.8 Å². The van der Waals surface area contributed by atoms with E-state index in [2.05, 4.69) is 10.00 Å². The second-order valence-electron chi connectivity index (χ2n) is 6.35. The van der Waals surface area contributed by atoms with Gasteiger partial charge in [-0.3, -0.25) is 4.68 Å². The molecule has 2 aromatic rings. The van der Waals surface area contributed by atoms with Gasteiger partial charge in [-0.05, 0) is 49.7 Å². The van der Waals surface area contributed by atoms with Crippen LogP contribution in [0.15, 0.2) is 36.5 Å². The summed E-state index contributed by atoms with van der Waals surface area (Å²) in [6, 6.07) is 8.19. The van der Waals surface area contributed by atoms with Gasteiger partial charge in [-0.2, -0.15) is 5.10 Å². The molecule has 0 saturated carbocycles. The minimum Gasteiger partial charge on any atom is -0.394 e. The Morgan fingerprint density at radius 1 is 1.25 bits per heavy atom. The number of aromatic nitrogens is 2. The molecule has 0 amide bonds. The van der Waals surface area contributed by atoms with Gasteiger partial charge in [0.25, 0.3) is 0 Å². The lowest BCUT2D eigenvalue weighted by molar-refractivity contribution is 0.0961. The van der Waals surface area contributed by atoms with Crippen molar-refractivity contribution in [2.24, 2.45) is 0 Å². The van der Waals surface area contributed by atoms with Gasteiger partial charge in [-0.25, -0.2) is 4.39 Å². The Hall–Kier alpha value is -1.76. The first-order valence-electron chi connectivity index (χ1n) is 8.46. The first-order valence-corrected chi connectivity index (χ1v) is 8.46. The lowest BCUT2D eigenvalue weighted by atomic mass is 9.93. The van der Waals surface area contributed by atoms with Crippen LogP contribution in [0.25, 0.3) is 0 Å². The molecule has 0 radical (unpaired) electrons. The van der Waals surface area contributed by atoms with E-state index in [0.29, 0.717) is 24.6 Å². The van der Waals surface area contributed by atoms with Gasteiger partial charge in [-0.1, -0.05) is 12.1 Å². The van der Waals surface area contributed by atoms with Gasteiger partial charge < -0.3 is 15.1 Å². The zero-order chi connectivity index (χ0) is 16.9. The molecule has 0 bridgehead atoms. The van der Waals surface area contributed by atoms with Gasteiger partial charge in [-0.15, -0.1) is 0 Å². The first-order chi connectivity index (χ1) is 11.7. The molecule has 1 atom stereocenters. The lowest BCUT2D eigenvalue weighted by Gasteiger charge is -2.33. The Labute approximate surface area is 141 Å². The maximum Gasteiger partial charge on any atom is 0.123 e. The van der Waals surface area contributed by atoms with Gasteiger partial charge in [0, 0.05) is 24.4 Å². The summed E-state index contributed by atoms with van der Waals surface area (Å²) in [7, 11) is 0. The van der Waals surface area contributed by atoms with Gasteiger partial charge in [0.05, 0.1) is 19.3 Å². The first kappa shape index (κ1) is 17.1. The smallest absolute Gasteiger partial charge is 0.123 e. The van der Waals surface area contributed by atoms with Gasteiger partial charge in [0.15, 0.2) is 0 Å². The molecule has 3 rings (SSSR count). The molecule has 1 aliphatic rings. The fraction of sp³-hybridized carbons (Fsp3) is 0.500. The summed E-state index contributed by atoms with van der Waals surface area (Å²) in [5, 5.41) is 23.7. The quantitative estimate of drug-likeness (QED) is 0.848.